The Hall–Kier alpha value is -3.04. The van der Waals surface area contributed by atoms with Gasteiger partial charge >= 0.3 is 0 Å². The van der Waals surface area contributed by atoms with Crippen molar-refractivity contribution >= 4 is 33.4 Å². The summed E-state index contributed by atoms with van der Waals surface area (Å²) in [5.41, 5.74) is 0.887. The van der Waals surface area contributed by atoms with Crippen molar-refractivity contribution in [1.82, 2.24) is 9.80 Å². The maximum absolute atomic E-state index is 13.4. The molecule has 0 radical (unpaired) electrons. The third-order valence-electron chi connectivity index (χ3n) is 6.55. The normalized spacial score (nSPS) is 17.0. The third-order valence-corrected chi connectivity index (χ3v) is 7.16. The van der Waals surface area contributed by atoms with Gasteiger partial charge in [0.25, 0.3) is 11.7 Å². The molecule has 0 spiro atoms. The minimum atomic E-state index is -0.869. The number of amides is 1. The van der Waals surface area contributed by atoms with Crippen LogP contribution in [0.4, 0.5) is 0 Å². The van der Waals surface area contributed by atoms with Crippen LogP contribution in [-0.2, 0) is 9.59 Å². The molecule has 3 rings (SSSR count). The van der Waals surface area contributed by atoms with E-state index in [0.29, 0.717) is 34.5 Å². The number of benzene rings is 2. The summed E-state index contributed by atoms with van der Waals surface area (Å²) in [4.78, 5) is 30.3. The van der Waals surface area contributed by atoms with Crippen LogP contribution in [0.25, 0.3) is 5.76 Å². The Kier molecular flexibility index (Phi) is 10.00. The smallest absolute Gasteiger partial charge is 0.295 e. The fourth-order valence-electron chi connectivity index (χ4n) is 4.38. The van der Waals surface area contributed by atoms with Crippen LogP contribution < -0.4 is 9.47 Å². The van der Waals surface area contributed by atoms with Crippen LogP contribution in [0.3, 0.4) is 0 Å². The molecule has 0 saturated carbocycles. The molecular formula is C28H35BrN2O6. The van der Waals surface area contributed by atoms with Gasteiger partial charge in [0.1, 0.15) is 11.5 Å². The van der Waals surface area contributed by atoms with Crippen LogP contribution in [0.2, 0.25) is 0 Å². The number of hydrogen-bond acceptors (Lipinski definition) is 7. The van der Waals surface area contributed by atoms with Crippen LogP contribution in [-0.4, -0.2) is 71.6 Å². The van der Waals surface area contributed by atoms with Crippen molar-refractivity contribution in [3.8, 4) is 17.2 Å². The molecule has 8 nitrogen and oxygen atoms in total. The average Bonchev–Trinajstić information content (AvgIpc) is 3.15. The number of methoxy groups -OCH3 is 1. The predicted molar refractivity (Wildman–Crippen MR) is 146 cm³/mol. The lowest BCUT2D eigenvalue weighted by Gasteiger charge is -2.28. The van der Waals surface area contributed by atoms with Crippen molar-refractivity contribution in [2.24, 2.45) is 0 Å². The van der Waals surface area contributed by atoms with E-state index in [-0.39, 0.29) is 29.4 Å². The number of ether oxygens (including phenoxy) is 2. The van der Waals surface area contributed by atoms with Crippen LogP contribution in [0.5, 0.6) is 17.2 Å². The lowest BCUT2D eigenvalue weighted by molar-refractivity contribution is -0.140. The summed E-state index contributed by atoms with van der Waals surface area (Å²) in [7, 11) is 1.42. The molecule has 9 heteroatoms. The minimum Gasteiger partial charge on any atom is -0.507 e. The van der Waals surface area contributed by atoms with Crippen molar-refractivity contribution in [3.05, 3.63) is 57.6 Å². The van der Waals surface area contributed by atoms with E-state index in [1.54, 1.807) is 36.4 Å². The molecule has 2 aromatic rings. The summed E-state index contributed by atoms with van der Waals surface area (Å²) in [6.45, 7) is 9.13. The number of phenols is 1. The van der Waals surface area contributed by atoms with E-state index in [1.165, 1.54) is 12.0 Å². The number of carbonyl (C=O) groups excluding carboxylic acids is 2. The van der Waals surface area contributed by atoms with Crippen molar-refractivity contribution in [1.29, 1.82) is 0 Å². The number of rotatable bonds is 12. The molecule has 1 unspecified atom stereocenters. The van der Waals surface area contributed by atoms with Crippen molar-refractivity contribution < 1.29 is 29.3 Å². The molecule has 0 bridgehead atoms. The number of nitrogens with zero attached hydrogens (tertiary/aromatic N) is 2. The SMILES string of the molecule is CCCCOc1cccc(/C(O)=C2\C(=O)C(=O)N(CCN(CC)CC)C2c2cc(Br)c(O)c(OC)c2)c1. The highest BCUT2D eigenvalue weighted by Crippen LogP contribution is 2.44. The molecule has 0 aliphatic carbocycles. The first-order valence-corrected chi connectivity index (χ1v) is 13.4. The number of likely N-dealkylation sites (tertiary alicyclic amines) is 1. The Labute approximate surface area is 226 Å². The number of carbonyl (C=O) groups is 2. The Balaban J connectivity index is 2.13. The molecule has 1 heterocycles. The number of aliphatic hydroxyl groups excluding tert-OH is 1. The summed E-state index contributed by atoms with van der Waals surface area (Å²) in [6.07, 6.45) is 1.88. The van der Waals surface area contributed by atoms with E-state index in [2.05, 4.69) is 27.8 Å². The van der Waals surface area contributed by atoms with Crippen molar-refractivity contribution in [2.45, 2.75) is 39.7 Å². The molecule has 37 heavy (non-hydrogen) atoms. The summed E-state index contributed by atoms with van der Waals surface area (Å²) in [6, 6.07) is 9.21. The van der Waals surface area contributed by atoms with Crippen molar-refractivity contribution in [2.75, 3.05) is 39.9 Å². The Bertz CT molecular complexity index is 1160. The van der Waals surface area contributed by atoms with Gasteiger partial charge in [-0.1, -0.05) is 39.3 Å². The molecule has 1 atom stereocenters. The van der Waals surface area contributed by atoms with Gasteiger partial charge in [-0.15, -0.1) is 0 Å². The van der Waals surface area contributed by atoms with Gasteiger partial charge in [-0.25, -0.2) is 0 Å². The number of unbranched alkanes of at least 4 members (excludes halogenated alkanes) is 1. The highest BCUT2D eigenvalue weighted by atomic mass is 79.9. The largest absolute Gasteiger partial charge is 0.507 e. The van der Waals surface area contributed by atoms with Gasteiger partial charge in [-0.05, 0) is 65.3 Å². The van der Waals surface area contributed by atoms with Gasteiger partial charge in [-0.2, -0.15) is 0 Å². The zero-order valence-electron chi connectivity index (χ0n) is 21.8. The summed E-state index contributed by atoms with van der Waals surface area (Å²) in [5.74, 6) is -1.07. The predicted octanol–water partition coefficient (Wildman–Crippen LogP) is 5.11. The topological polar surface area (TPSA) is 99.5 Å². The van der Waals surface area contributed by atoms with Gasteiger partial charge < -0.3 is 29.5 Å². The fourth-order valence-corrected chi connectivity index (χ4v) is 4.84. The molecular weight excluding hydrogens is 540 g/mol. The summed E-state index contributed by atoms with van der Waals surface area (Å²) in [5, 5.41) is 21.7. The minimum absolute atomic E-state index is 0.0186. The number of phenolic OH excluding ortho intramolecular Hbond substituents is 1. The molecule has 200 valence electrons. The number of halogens is 1. The standard InChI is InChI=1S/C28H35BrN2O6/c1-5-8-14-37-20-11-9-10-18(15-20)25(32)23-24(19-16-21(29)26(33)22(17-19)36-4)31(28(35)27(23)34)13-12-30(6-2)7-3/h9-11,15-17,24,32-33H,5-8,12-14H2,1-4H3/b25-23+. The summed E-state index contributed by atoms with van der Waals surface area (Å²) < 4.78 is 11.4. The second-order valence-corrected chi connectivity index (χ2v) is 9.66. The first-order valence-electron chi connectivity index (χ1n) is 12.6. The first-order chi connectivity index (χ1) is 17.8. The van der Waals surface area contributed by atoms with E-state index in [4.69, 9.17) is 9.47 Å². The van der Waals surface area contributed by atoms with Gasteiger partial charge in [0.15, 0.2) is 11.5 Å². The highest BCUT2D eigenvalue weighted by Gasteiger charge is 2.46. The average molecular weight is 576 g/mol. The fraction of sp³-hybridized carbons (Fsp3) is 0.429. The van der Waals surface area contributed by atoms with Gasteiger partial charge in [0, 0.05) is 18.7 Å². The second-order valence-electron chi connectivity index (χ2n) is 8.80. The maximum Gasteiger partial charge on any atom is 0.295 e. The monoisotopic (exact) mass is 574 g/mol. The van der Waals surface area contributed by atoms with Crippen LogP contribution in [0, 0.1) is 0 Å². The van der Waals surface area contributed by atoms with E-state index in [1.807, 2.05) is 13.8 Å². The second kappa shape index (κ2) is 13.0. The molecule has 1 aliphatic heterocycles. The number of aromatic hydroxyl groups is 1. The van der Waals surface area contributed by atoms with Crippen LogP contribution in [0.15, 0.2) is 46.4 Å². The van der Waals surface area contributed by atoms with Crippen molar-refractivity contribution in [3.63, 3.8) is 0 Å². The molecule has 2 N–H and O–H groups in total. The Morgan fingerprint density at radius 3 is 2.51 bits per heavy atom. The number of ketones is 1. The maximum atomic E-state index is 13.4. The number of likely N-dealkylation sites (N-methyl/N-ethyl adjacent to an activating group) is 1. The van der Waals surface area contributed by atoms with Crippen LogP contribution in [0.1, 0.15) is 50.8 Å². The summed E-state index contributed by atoms with van der Waals surface area (Å²) >= 11 is 3.34. The van der Waals surface area contributed by atoms with Gasteiger partial charge in [0.05, 0.1) is 29.8 Å². The Morgan fingerprint density at radius 2 is 1.86 bits per heavy atom. The zero-order chi connectivity index (χ0) is 27.1. The lowest BCUT2D eigenvalue weighted by Crippen LogP contribution is -2.38. The molecule has 1 fully saturated rings. The number of Topliss-reactive ketones (excluding diaryl/α,β-unsaturated/α-hetero) is 1. The van der Waals surface area contributed by atoms with Gasteiger partial charge in [0.2, 0.25) is 0 Å². The third kappa shape index (κ3) is 6.27. The molecule has 1 aliphatic rings. The van der Waals surface area contributed by atoms with E-state index < -0.39 is 17.7 Å². The number of aliphatic hydroxyl groups is 1. The molecule has 0 aromatic heterocycles. The van der Waals surface area contributed by atoms with E-state index >= 15 is 0 Å². The zero-order valence-corrected chi connectivity index (χ0v) is 23.4. The quantitative estimate of drug-likeness (QED) is 0.157. The molecule has 1 amide bonds. The lowest BCUT2D eigenvalue weighted by atomic mass is 9.95. The van der Waals surface area contributed by atoms with E-state index in [0.717, 1.165) is 25.9 Å². The molecule has 1 saturated heterocycles. The first kappa shape index (κ1) is 28.5. The van der Waals surface area contributed by atoms with Gasteiger partial charge in [-0.3, -0.25) is 9.59 Å². The van der Waals surface area contributed by atoms with E-state index in [9.17, 15) is 19.8 Å². The Morgan fingerprint density at radius 1 is 1.14 bits per heavy atom. The molecule has 2 aromatic carbocycles. The number of hydrogen-bond donors (Lipinski definition) is 2. The highest BCUT2D eigenvalue weighted by molar-refractivity contribution is 9.10. The van der Waals surface area contributed by atoms with Crippen LogP contribution >= 0.6 is 15.9 Å².